The van der Waals surface area contributed by atoms with Crippen molar-refractivity contribution in [2.75, 3.05) is 25.2 Å². The van der Waals surface area contributed by atoms with E-state index in [1.807, 2.05) is 0 Å². The van der Waals surface area contributed by atoms with Gasteiger partial charge in [-0.2, -0.15) is 9.78 Å². The van der Waals surface area contributed by atoms with Gasteiger partial charge in [0, 0.05) is 31.8 Å². The SMILES string of the molecule is CN1C(=O)[C@@H](NC(=O)n2cc(Cc3cc(F)cc(F)c3)cn2)COc2ccc(OCCCC(C)(C)O)cc21. The van der Waals surface area contributed by atoms with E-state index in [4.69, 9.17) is 9.47 Å². The van der Waals surface area contributed by atoms with Gasteiger partial charge in [0.25, 0.3) is 5.91 Å². The molecule has 11 heteroatoms. The van der Waals surface area contributed by atoms with E-state index in [1.165, 1.54) is 29.4 Å². The number of nitrogens with one attached hydrogen (secondary N) is 1. The maximum absolute atomic E-state index is 13.5. The Morgan fingerprint density at radius 3 is 2.66 bits per heavy atom. The smallest absolute Gasteiger partial charge is 0.342 e. The Hall–Kier alpha value is -3.99. The van der Waals surface area contributed by atoms with Gasteiger partial charge in [0.2, 0.25) is 0 Å². The lowest BCUT2D eigenvalue weighted by Gasteiger charge is -2.21. The molecule has 1 aliphatic heterocycles. The minimum atomic E-state index is -0.985. The first-order chi connectivity index (χ1) is 18.0. The van der Waals surface area contributed by atoms with Crippen molar-refractivity contribution in [2.45, 2.75) is 44.8 Å². The molecule has 9 nitrogen and oxygen atoms in total. The zero-order valence-corrected chi connectivity index (χ0v) is 21.4. The number of halogens is 2. The van der Waals surface area contributed by atoms with Gasteiger partial charge in [-0.05, 0) is 62.1 Å². The van der Waals surface area contributed by atoms with Crippen LogP contribution in [0.1, 0.15) is 37.8 Å². The molecule has 4 rings (SSSR count). The number of fused-ring (bicyclic) bond motifs is 1. The standard InChI is InChI=1S/C27H30F2N4O5/c1-27(2,36)7-4-8-37-21-5-6-24-23(13-21)32(3)25(34)22(16-38-24)31-26(35)33-15-18(14-30-33)9-17-10-19(28)12-20(29)11-17/h5-6,10-15,22,36H,4,7-9,16H2,1-3H3,(H,31,35)/t22-/m0/s1. The maximum atomic E-state index is 13.5. The first-order valence-corrected chi connectivity index (χ1v) is 12.2. The number of anilines is 1. The molecule has 0 saturated heterocycles. The second kappa shape index (κ2) is 11.2. The molecule has 0 aliphatic carbocycles. The lowest BCUT2D eigenvalue weighted by molar-refractivity contribution is -0.120. The van der Waals surface area contributed by atoms with Gasteiger partial charge < -0.3 is 24.8 Å². The van der Waals surface area contributed by atoms with Crippen LogP contribution in [0.25, 0.3) is 0 Å². The number of likely N-dealkylation sites (N-methyl/N-ethyl adjacent to an activating group) is 1. The number of hydrogen-bond donors (Lipinski definition) is 2. The Balaban J connectivity index is 1.38. The lowest BCUT2D eigenvalue weighted by atomic mass is 10.0. The molecule has 0 fully saturated rings. The van der Waals surface area contributed by atoms with E-state index in [1.54, 1.807) is 39.1 Å². The average molecular weight is 529 g/mol. The summed E-state index contributed by atoms with van der Waals surface area (Å²) in [6.07, 6.45) is 4.27. The summed E-state index contributed by atoms with van der Waals surface area (Å²) in [5, 5.41) is 16.5. The van der Waals surface area contributed by atoms with Gasteiger partial charge in [-0.1, -0.05) is 0 Å². The molecule has 0 unspecified atom stereocenters. The molecule has 202 valence electrons. The van der Waals surface area contributed by atoms with Crippen LogP contribution in [0, 0.1) is 11.6 Å². The van der Waals surface area contributed by atoms with Crippen LogP contribution in [-0.4, -0.2) is 58.7 Å². The molecule has 38 heavy (non-hydrogen) atoms. The van der Waals surface area contributed by atoms with Gasteiger partial charge in [0.1, 0.15) is 35.8 Å². The summed E-state index contributed by atoms with van der Waals surface area (Å²) in [4.78, 5) is 27.3. The van der Waals surface area contributed by atoms with E-state index < -0.39 is 29.3 Å². The number of hydrogen-bond acceptors (Lipinski definition) is 6. The average Bonchev–Trinajstić information content (AvgIpc) is 3.27. The predicted octanol–water partition coefficient (Wildman–Crippen LogP) is 3.66. The molecule has 1 aliphatic rings. The minimum absolute atomic E-state index is 0.0929. The molecule has 0 spiro atoms. The molecule has 0 saturated carbocycles. The zero-order chi connectivity index (χ0) is 27.4. The lowest BCUT2D eigenvalue weighted by Crippen LogP contribution is -2.50. The number of amides is 2. The van der Waals surface area contributed by atoms with Crippen molar-refractivity contribution in [3.63, 3.8) is 0 Å². The fraction of sp³-hybridized carbons (Fsp3) is 0.370. The second-order valence-corrected chi connectivity index (χ2v) is 9.85. The summed E-state index contributed by atoms with van der Waals surface area (Å²) in [6, 6.07) is 6.69. The number of aromatic nitrogens is 2. The van der Waals surface area contributed by atoms with Crippen molar-refractivity contribution < 1.29 is 33.0 Å². The zero-order valence-electron chi connectivity index (χ0n) is 21.4. The third kappa shape index (κ3) is 6.86. The molecule has 2 N–H and O–H groups in total. The van der Waals surface area contributed by atoms with E-state index in [-0.39, 0.29) is 18.9 Å². The van der Waals surface area contributed by atoms with E-state index >= 15 is 0 Å². The fourth-order valence-corrected chi connectivity index (χ4v) is 4.09. The third-order valence-electron chi connectivity index (χ3n) is 6.00. The van der Waals surface area contributed by atoms with Crippen molar-refractivity contribution in [1.82, 2.24) is 15.1 Å². The van der Waals surface area contributed by atoms with Crippen molar-refractivity contribution in [1.29, 1.82) is 0 Å². The van der Waals surface area contributed by atoms with Crippen LogP contribution in [0.15, 0.2) is 48.8 Å². The molecule has 2 amide bonds. The van der Waals surface area contributed by atoms with E-state index in [9.17, 15) is 23.5 Å². The molecule has 0 radical (unpaired) electrons. The van der Waals surface area contributed by atoms with Crippen LogP contribution in [0.5, 0.6) is 11.5 Å². The van der Waals surface area contributed by atoms with Crippen molar-refractivity contribution in [3.8, 4) is 11.5 Å². The predicted molar refractivity (Wildman–Crippen MR) is 135 cm³/mol. The van der Waals surface area contributed by atoms with Crippen molar-refractivity contribution in [3.05, 3.63) is 71.6 Å². The second-order valence-electron chi connectivity index (χ2n) is 9.85. The molecule has 2 heterocycles. The maximum Gasteiger partial charge on any atom is 0.342 e. The highest BCUT2D eigenvalue weighted by Crippen LogP contribution is 2.34. The van der Waals surface area contributed by atoms with Crippen LogP contribution < -0.4 is 19.7 Å². The monoisotopic (exact) mass is 528 g/mol. The van der Waals surface area contributed by atoms with Gasteiger partial charge in [0.05, 0.1) is 24.1 Å². The van der Waals surface area contributed by atoms with Gasteiger partial charge in [0.15, 0.2) is 0 Å². The molecular weight excluding hydrogens is 498 g/mol. The summed E-state index contributed by atoms with van der Waals surface area (Å²) in [6.45, 7) is 3.79. The number of carbonyl (C=O) groups excluding carboxylic acids is 2. The molecule has 0 bridgehead atoms. The van der Waals surface area contributed by atoms with Gasteiger partial charge in [-0.15, -0.1) is 0 Å². The highest BCUT2D eigenvalue weighted by atomic mass is 19.1. The van der Waals surface area contributed by atoms with Crippen LogP contribution >= 0.6 is 0 Å². The summed E-state index contributed by atoms with van der Waals surface area (Å²) >= 11 is 0. The number of rotatable bonds is 8. The largest absolute Gasteiger partial charge is 0.494 e. The highest BCUT2D eigenvalue weighted by molar-refractivity contribution is 6.00. The van der Waals surface area contributed by atoms with Crippen LogP contribution in [0.4, 0.5) is 19.3 Å². The van der Waals surface area contributed by atoms with E-state index in [0.29, 0.717) is 47.8 Å². The topological polar surface area (TPSA) is 106 Å². The van der Waals surface area contributed by atoms with E-state index in [2.05, 4.69) is 10.4 Å². The molecule has 1 aromatic heterocycles. The van der Waals surface area contributed by atoms with Gasteiger partial charge >= 0.3 is 6.03 Å². The van der Waals surface area contributed by atoms with Gasteiger partial charge in [-0.25, -0.2) is 13.6 Å². The van der Waals surface area contributed by atoms with Crippen LogP contribution in [-0.2, 0) is 11.2 Å². The third-order valence-corrected chi connectivity index (χ3v) is 6.00. The molecule has 2 aromatic carbocycles. The Bertz CT molecular complexity index is 1300. The Morgan fingerprint density at radius 2 is 1.95 bits per heavy atom. The first-order valence-electron chi connectivity index (χ1n) is 12.2. The van der Waals surface area contributed by atoms with Crippen LogP contribution in [0.3, 0.4) is 0 Å². The fourth-order valence-electron chi connectivity index (χ4n) is 4.09. The molecular formula is C27H30F2N4O5. The molecule has 3 aromatic rings. The quantitative estimate of drug-likeness (QED) is 0.433. The summed E-state index contributed by atoms with van der Waals surface area (Å²) in [7, 11) is 1.58. The Morgan fingerprint density at radius 1 is 1.21 bits per heavy atom. The number of carbonyl (C=O) groups is 2. The Labute approximate surface area is 219 Å². The summed E-state index contributed by atoms with van der Waals surface area (Å²) < 4.78 is 39.5. The first kappa shape index (κ1) is 27.1. The Kier molecular flexibility index (Phi) is 7.96. The van der Waals surface area contributed by atoms with Crippen LogP contribution in [0.2, 0.25) is 0 Å². The highest BCUT2D eigenvalue weighted by Gasteiger charge is 2.31. The summed E-state index contributed by atoms with van der Waals surface area (Å²) in [5.74, 6) is -0.755. The van der Waals surface area contributed by atoms with E-state index in [0.717, 1.165) is 10.7 Å². The summed E-state index contributed by atoms with van der Waals surface area (Å²) in [5.41, 5.74) is 0.689. The van der Waals surface area contributed by atoms with Crippen molar-refractivity contribution >= 4 is 17.6 Å². The van der Waals surface area contributed by atoms with Gasteiger partial charge in [-0.3, -0.25) is 4.79 Å². The number of benzene rings is 2. The number of ether oxygens (including phenoxy) is 2. The number of aliphatic hydroxyl groups is 1. The molecule has 1 atom stereocenters. The minimum Gasteiger partial charge on any atom is -0.494 e. The van der Waals surface area contributed by atoms with Crippen molar-refractivity contribution in [2.24, 2.45) is 0 Å². The normalized spacial score (nSPS) is 15.5. The number of nitrogens with zero attached hydrogens (tertiary/aromatic N) is 3.